The number of rotatable bonds is 8. The summed E-state index contributed by atoms with van der Waals surface area (Å²) in [7, 11) is -4.23. The summed E-state index contributed by atoms with van der Waals surface area (Å²) in [5, 5.41) is 0.374. The van der Waals surface area contributed by atoms with E-state index in [4.69, 9.17) is 16.3 Å². The highest BCUT2D eigenvalue weighted by Crippen LogP contribution is 2.34. The first-order chi connectivity index (χ1) is 13.3. The molecule has 0 N–H and O–H groups in total. The molecule has 150 valence electrons. The lowest BCUT2D eigenvalue weighted by atomic mass is 10.2. The quantitative estimate of drug-likeness (QED) is 0.459. The van der Waals surface area contributed by atoms with Crippen LogP contribution < -0.4 is 9.04 Å². The average molecular weight is 424 g/mol. The van der Waals surface area contributed by atoms with Gasteiger partial charge >= 0.3 is 5.97 Å². The van der Waals surface area contributed by atoms with Crippen molar-refractivity contribution in [3.63, 3.8) is 0 Å². The summed E-state index contributed by atoms with van der Waals surface area (Å²) in [6.07, 6.45) is 1.25. The summed E-state index contributed by atoms with van der Waals surface area (Å²) in [5.41, 5.74) is 0.000327. The highest BCUT2D eigenvalue weighted by atomic mass is 35.5. The molecule has 0 atom stereocenters. The molecule has 0 unspecified atom stereocenters. The lowest BCUT2D eigenvalue weighted by Gasteiger charge is -2.24. The molecule has 8 heteroatoms. The zero-order chi connectivity index (χ0) is 20.7. The van der Waals surface area contributed by atoms with Gasteiger partial charge in [0, 0.05) is 17.9 Å². The Labute approximate surface area is 170 Å². The predicted octanol–water partition coefficient (Wildman–Crippen LogP) is 4.57. The Balaban J connectivity index is 2.57. The SMILES string of the molecule is CCCC(=O)Oc1ccccc1N(C(=O)CCC)S(=O)(=O)c1ccc(Cl)cc1. The second-order valence-electron chi connectivity index (χ2n) is 6.06. The van der Waals surface area contributed by atoms with Gasteiger partial charge in [0.2, 0.25) is 5.91 Å². The molecule has 0 heterocycles. The van der Waals surface area contributed by atoms with E-state index < -0.39 is 21.9 Å². The fraction of sp³-hybridized carbons (Fsp3) is 0.300. The highest BCUT2D eigenvalue weighted by molar-refractivity contribution is 7.93. The first kappa shape index (κ1) is 21.9. The molecule has 0 saturated carbocycles. The molecule has 0 bridgehead atoms. The van der Waals surface area contributed by atoms with Gasteiger partial charge in [-0.25, -0.2) is 8.42 Å². The fourth-order valence-corrected chi connectivity index (χ4v) is 4.10. The number of ether oxygens (including phenoxy) is 1. The molecule has 2 rings (SSSR count). The highest BCUT2D eigenvalue weighted by Gasteiger charge is 2.32. The van der Waals surface area contributed by atoms with Crippen LogP contribution in [0.25, 0.3) is 0 Å². The third kappa shape index (κ3) is 5.11. The van der Waals surface area contributed by atoms with Gasteiger partial charge in [0.15, 0.2) is 5.75 Å². The minimum absolute atomic E-state index is 0.000327. The first-order valence-electron chi connectivity index (χ1n) is 8.94. The van der Waals surface area contributed by atoms with Crippen LogP contribution in [-0.2, 0) is 19.6 Å². The van der Waals surface area contributed by atoms with E-state index in [0.29, 0.717) is 22.2 Å². The van der Waals surface area contributed by atoms with E-state index in [2.05, 4.69) is 0 Å². The molecule has 2 aromatic carbocycles. The van der Waals surface area contributed by atoms with Crippen LogP contribution in [0.5, 0.6) is 5.75 Å². The Hall–Kier alpha value is -2.38. The van der Waals surface area contributed by atoms with Gasteiger partial charge in [0.05, 0.1) is 4.90 Å². The standard InChI is InChI=1S/C20H22ClNO5S/c1-3-7-19(23)22(28(25,26)16-13-11-15(21)12-14-16)17-9-5-6-10-18(17)27-20(24)8-4-2/h5-6,9-14H,3-4,7-8H2,1-2H3. The molecule has 28 heavy (non-hydrogen) atoms. The van der Waals surface area contributed by atoms with E-state index >= 15 is 0 Å². The van der Waals surface area contributed by atoms with E-state index in [0.717, 1.165) is 0 Å². The number of anilines is 1. The largest absolute Gasteiger partial charge is 0.424 e. The van der Waals surface area contributed by atoms with Crippen molar-refractivity contribution in [2.75, 3.05) is 4.31 Å². The van der Waals surface area contributed by atoms with E-state index in [-0.39, 0.29) is 29.2 Å². The van der Waals surface area contributed by atoms with Crippen molar-refractivity contribution in [1.82, 2.24) is 0 Å². The zero-order valence-electron chi connectivity index (χ0n) is 15.7. The second kappa shape index (κ2) is 9.71. The van der Waals surface area contributed by atoms with E-state index in [1.807, 2.05) is 6.92 Å². The molecule has 0 aliphatic heterocycles. The van der Waals surface area contributed by atoms with Crippen LogP contribution >= 0.6 is 11.6 Å². The Kier molecular flexibility index (Phi) is 7.60. The number of hydrogen-bond donors (Lipinski definition) is 0. The van der Waals surface area contributed by atoms with Gasteiger partial charge in [0.25, 0.3) is 10.0 Å². The number of carbonyl (C=O) groups is 2. The molecule has 2 aromatic rings. The van der Waals surface area contributed by atoms with Gasteiger partial charge in [-0.2, -0.15) is 4.31 Å². The molecule has 0 aromatic heterocycles. The van der Waals surface area contributed by atoms with Crippen LogP contribution in [0.4, 0.5) is 5.69 Å². The molecule has 0 fully saturated rings. The number of benzene rings is 2. The Morgan fingerprint density at radius 2 is 1.57 bits per heavy atom. The van der Waals surface area contributed by atoms with Crippen LogP contribution in [-0.4, -0.2) is 20.3 Å². The number of amides is 1. The van der Waals surface area contributed by atoms with Crippen LogP contribution in [0.2, 0.25) is 5.02 Å². The topological polar surface area (TPSA) is 80.8 Å². The number of nitrogens with zero attached hydrogens (tertiary/aromatic N) is 1. The van der Waals surface area contributed by atoms with Crippen LogP contribution in [0.3, 0.4) is 0 Å². The van der Waals surface area contributed by atoms with E-state index in [1.165, 1.54) is 36.4 Å². The van der Waals surface area contributed by atoms with Crippen molar-refractivity contribution >= 4 is 39.2 Å². The average Bonchev–Trinajstić information content (AvgIpc) is 2.64. The molecule has 0 spiro atoms. The number of esters is 1. The van der Waals surface area contributed by atoms with Gasteiger partial charge in [-0.3, -0.25) is 9.59 Å². The molecule has 0 saturated heterocycles. The smallest absolute Gasteiger partial charge is 0.311 e. The third-order valence-corrected chi connectivity index (χ3v) is 5.81. The lowest BCUT2D eigenvalue weighted by Crippen LogP contribution is -2.37. The zero-order valence-corrected chi connectivity index (χ0v) is 17.3. The normalized spacial score (nSPS) is 11.1. The van der Waals surface area contributed by atoms with Gasteiger partial charge in [0.1, 0.15) is 5.69 Å². The Morgan fingerprint density at radius 1 is 0.964 bits per heavy atom. The van der Waals surface area contributed by atoms with Crippen LogP contribution in [0.1, 0.15) is 39.5 Å². The maximum absolute atomic E-state index is 13.2. The summed E-state index contributed by atoms with van der Waals surface area (Å²) in [5.74, 6) is -1.10. The second-order valence-corrected chi connectivity index (χ2v) is 8.28. The fourth-order valence-electron chi connectivity index (χ4n) is 2.51. The summed E-state index contributed by atoms with van der Waals surface area (Å²) in [6.45, 7) is 3.60. The van der Waals surface area contributed by atoms with Crippen molar-refractivity contribution in [1.29, 1.82) is 0 Å². The van der Waals surface area contributed by atoms with Crippen molar-refractivity contribution in [3.05, 3.63) is 53.6 Å². The minimum atomic E-state index is -4.23. The molecule has 0 aliphatic carbocycles. The van der Waals surface area contributed by atoms with Crippen molar-refractivity contribution < 1.29 is 22.7 Å². The van der Waals surface area contributed by atoms with Gasteiger partial charge in [-0.05, 0) is 49.2 Å². The summed E-state index contributed by atoms with van der Waals surface area (Å²) < 4.78 is 32.5. The Morgan fingerprint density at radius 3 is 2.18 bits per heavy atom. The number of para-hydroxylation sites is 2. The first-order valence-corrected chi connectivity index (χ1v) is 10.8. The predicted molar refractivity (Wildman–Crippen MR) is 108 cm³/mol. The monoisotopic (exact) mass is 423 g/mol. The molecule has 6 nitrogen and oxygen atoms in total. The van der Waals surface area contributed by atoms with Gasteiger partial charge in [-0.15, -0.1) is 0 Å². The summed E-state index contributed by atoms with van der Waals surface area (Å²) in [4.78, 5) is 24.6. The van der Waals surface area contributed by atoms with E-state index in [9.17, 15) is 18.0 Å². The summed E-state index contributed by atoms with van der Waals surface area (Å²) in [6, 6.07) is 11.6. The summed E-state index contributed by atoms with van der Waals surface area (Å²) >= 11 is 5.85. The maximum Gasteiger partial charge on any atom is 0.311 e. The molecular weight excluding hydrogens is 402 g/mol. The van der Waals surface area contributed by atoms with Crippen LogP contribution in [0, 0.1) is 0 Å². The molecular formula is C20H22ClNO5S. The Bertz CT molecular complexity index is 941. The van der Waals surface area contributed by atoms with Crippen molar-refractivity contribution in [2.45, 2.75) is 44.4 Å². The van der Waals surface area contributed by atoms with Crippen LogP contribution in [0.15, 0.2) is 53.4 Å². The minimum Gasteiger partial charge on any atom is -0.424 e. The maximum atomic E-state index is 13.2. The number of sulfonamides is 1. The molecule has 0 radical (unpaired) electrons. The molecule has 1 amide bonds. The lowest BCUT2D eigenvalue weighted by molar-refractivity contribution is -0.134. The number of hydrogen-bond acceptors (Lipinski definition) is 5. The van der Waals surface area contributed by atoms with Crippen molar-refractivity contribution in [2.24, 2.45) is 0 Å². The van der Waals surface area contributed by atoms with Gasteiger partial charge < -0.3 is 4.74 Å². The van der Waals surface area contributed by atoms with E-state index in [1.54, 1.807) is 19.1 Å². The van der Waals surface area contributed by atoms with Crippen molar-refractivity contribution in [3.8, 4) is 5.75 Å². The third-order valence-electron chi connectivity index (χ3n) is 3.80. The molecule has 0 aliphatic rings. The number of carbonyl (C=O) groups excluding carboxylic acids is 2. The number of halogens is 1. The van der Waals surface area contributed by atoms with Gasteiger partial charge in [-0.1, -0.05) is 37.6 Å².